The third-order valence-corrected chi connectivity index (χ3v) is 3.01. The molecule has 0 aromatic heterocycles. The molecule has 17 heavy (non-hydrogen) atoms. The predicted molar refractivity (Wildman–Crippen MR) is 66.9 cm³/mol. The van der Waals surface area contributed by atoms with E-state index in [4.69, 9.17) is 0 Å². The van der Waals surface area contributed by atoms with Crippen LogP contribution in [0.1, 0.15) is 17.5 Å². The fourth-order valence-electron chi connectivity index (χ4n) is 2.16. The molecule has 1 aliphatic rings. The highest BCUT2D eigenvalue weighted by Gasteiger charge is 2.17. The van der Waals surface area contributed by atoms with Gasteiger partial charge in [0.2, 0.25) is 5.91 Å². The van der Waals surface area contributed by atoms with Crippen LogP contribution in [0.3, 0.4) is 0 Å². The lowest BCUT2D eigenvalue weighted by Gasteiger charge is -2.24. The Labute approximate surface area is 101 Å². The number of rotatable bonds is 2. The highest BCUT2D eigenvalue weighted by molar-refractivity contribution is 5.82. The first-order valence-corrected chi connectivity index (χ1v) is 5.93. The average Bonchev–Trinajstić information content (AvgIpc) is 2.53. The van der Waals surface area contributed by atoms with Gasteiger partial charge in [0.25, 0.3) is 0 Å². The molecule has 1 aromatic rings. The number of hydrogen-bond donors (Lipinski definition) is 2. The molecule has 0 atom stereocenters. The number of benzene rings is 1. The van der Waals surface area contributed by atoms with Crippen molar-refractivity contribution in [2.45, 2.75) is 20.0 Å². The van der Waals surface area contributed by atoms with Gasteiger partial charge < -0.3 is 15.3 Å². The lowest BCUT2D eigenvalue weighted by atomic mass is 10.1. The third-order valence-electron chi connectivity index (χ3n) is 3.01. The number of nitrogens with zero attached hydrogens (tertiary/aromatic N) is 1. The van der Waals surface area contributed by atoms with E-state index in [1.54, 1.807) is 0 Å². The molecular weight excluding hydrogens is 216 g/mol. The van der Waals surface area contributed by atoms with E-state index in [0.717, 1.165) is 36.3 Å². The van der Waals surface area contributed by atoms with Crippen LogP contribution in [0.25, 0.3) is 0 Å². The van der Waals surface area contributed by atoms with E-state index in [0.29, 0.717) is 6.54 Å². The first-order chi connectivity index (χ1) is 8.20. The van der Waals surface area contributed by atoms with Gasteiger partial charge in [0.1, 0.15) is 0 Å². The summed E-state index contributed by atoms with van der Waals surface area (Å²) >= 11 is 0. The summed E-state index contributed by atoms with van der Waals surface area (Å²) in [7, 11) is 0. The maximum atomic E-state index is 11.5. The second-order valence-corrected chi connectivity index (χ2v) is 4.42. The number of carbonyl (C=O) groups is 1. The zero-order chi connectivity index (χ0) is 12.3. The van der Waals surface area contributed by atoms with Crippen LogP contribution in [0.4, 0.5) is 5.69 Å². The molecule has 1 aromatic carbocycles. The van der Waals surface area contributed by atoms with Gasteiger partial charge in [-0.2, -0.15) is 0 Å². The van der Waals surface area contributed by atoms with Gasteiger partial charge in [-0.3, -0.25) is 4.79 Å². The van der Waals surface area contributed by atoms with Crippen molar-refractivity contribution < 1.29 is 9.90 Å². The summed E-state index contributed by atoms with van der Waals surface area (Å²) in [5, 5.41) is 12.2. The molecule has 2 rings (SSSR count). The first kappa shape index (κ1) is 11.9. The van der Waals surface area contributed by atoms with E-state index in [1.165, 1.54) is 0 Å². The van der Waals surface area contributed by atoms with Gasteiger partial charge in [0.05, 0.1) is 13.2 Å². The standard InChI is InChI=1S/C13H18N2O2/c1-10-3-4-12(11(7-10)9-16)15-6-2-5-14-13(17)8-15/h3-4,7,16H,2,5-6,8-9H2,1H3,(H,14,17). The maximum absolute atomic E-state index is 11.5. The molecule has 0 spiro atoms. The van der Waals surface area contributed by atoms with E-state index in [1.807, 2.05) is 30.0 Å². The Kier molecular flexibility index (Phi) is 3.64. The van der Waals surface area contributed by atoms with E-state index in [2.05, 4.69) is 5.32 Å². The summed E-state index contributed by atoms with van der Waals surface area (Å²) in [5.41, 5.74) is 2.98. The quantitative estimate of drug-likeness (QED) is 0.796. The zero-order valence-electron chi connectivity index (χ0n) is 10.1. The highest BCUT2D eigenvalue weighted by Crippen LogP contribution is 2.22. The zero-order valence-corrected chi connectivity index (χ0v) is 10.1. The molecule has 0 aliphatic carbocycles. The molecule has 1 amide bonds. The fraction of sp³-hybridized carbons (Fsp3) is 0.462. The predicted octanol–water partition coefficient (Wildman–Crippen LogP) is 0.814. The number of hydrogen-bond acceptors (Lipinski definition) is 3. The second kappa shape index (κ2) is 5.19. The Morgan fingerprint density at radius 3 is 3.06 bits per heavy atom. The van der Waals surface area contributed by atoms with Crippen molar-refractivity contribution in [1.29, 1.82) is 0 Å². The number of carbonyl (C=O) groups excluding carboxylic acids is 1. The number of anilines is 1. The molecule has 0 unspecified atom stereocenters. The van der Waals surface area contributed by atoms with Gasteiger partial charge in [-0.1, -0.05) is 17.7 Å². The Morgan fingerprint density at radius 1 is 1.47 bits per heavy atom. The number of aliphatic hydroxyl groups is 1. The molecule has 1 fully saturated rings. The number of amides is 1. The van der Waals surface area contributed by atoms with E-state index >= 15 is 0 Å². The first-order valence-electron chi connectivity index (χ1n) is 5.93. The molecule has 92 valence electrons. The molecular formula is C13H18N2O2. The van der Waals surface area contributed by atoms with Crippen molar-refractivity contribution in [3.05, 3.63) is 29.3 Å². The largest absolute Gasteiger partial charge is 0.392 e. The summed E-state index contributed by atoms with van der Waals surface area (Å²) in [6.45, 7) is 3.95. The van der Waals surface area contributed by atoms with E-state index in [-0.39, 0.29) is 12.5 Å². The molecule has 1 saturated heterocycles. The van der Waals surface area contributed by atoms with Crippen molar-refractivity contribution in [3.63, 3.8) is 0 Å². The van der Waals surface area contributed by atoms with Gasteiger partial charge in [-0.05, 0) is 19.4 Å². The van der Waals surface area contributed by atoms with Crippen molar-refractivity contribution in [2.75, 3.05) is 24.5 Å². The van der Waals surface area contributed by atoms with Crippen LogP contribution < -0.4 is 10.2 Å². The topological polar surface area (TPSA) is 52.6 Å². The van der Waals surface area contributed by atoms with Gasteiger partial charge in [-0.15, -0.1) is 0 Å². The Morgan fingerprint density at radius 2 is 2.29 bits per heavy atom. The van der Waals surface area contributed by atoms with Crippen LogP contribution >= 0.6 is 0 Å². The molecule has 4 nitrogen and oxygen atoms in total. The monoisotopic (exact) mass is 234 g/mol. The van der Waals surface area contributed by atoms with Crippen LogP contribution in [0, 0.1) is 6.92 Å². The van der Waals surface area contributed by atoms with Crippen LogP contribution in [0.5, 0.6) is 0 Å². The minimum Gasteiger partial charge on any atom is -0.392 e. The summed E-state index contributed by atoms with van der Waals surface area (Å²) < 4.78 is 0. The number of aliphatic hydroxyl groups excluding tert-OH is 1. The average molecular weight is 234 g/mol. The van der Waals surface area contributed by atoms with Gasteiger partial charge in [0, 0.05) is 24.3 Å². The van der Waals surface area contributed by atoms with Crippen LogP contribution in [-0.2, 0) is 11.4 Å². The third kappa shape index (κ3) is 2.77. The minimum atomic E-state index is 0.00906. The van der Waals surface area contributed by atoms with E-state index < -0.39 is 0 Å². The molecule has 0 radical (unpaired) electrons. The van der Waals surface area contributed by atoms with E-state index in [9.17, 15) is 9.90 Å². The Hall–Kier alpha value is -1.55. The number of aryl methyl sites for hydroxylation is 1. The Bertz CT molecular complexity index is 418. The number of nitrogens with one attached hydrogen (secondary N) is 1. The highest BCUT2D eigenvalue weighted by atomic mass is 16.3. The van der Waals surface area contributed by atoms with Crippen LogP contribution in [0.15, 0.2) is 18.2 Å². The lowest BCUT2D eigenvalue weighted by molar-refractivity contribution is -0.119. The molecule has 1 heterocycles. The van der Waals surface area contributed by atoms with Gasteiger partial charge in [-0.25, -0.2) is 0 Å². The van der Waals surface area contributed by atoms with Crippen molar-refractivity contribution in [1.82, 2.24) is 5.32 Å². The summed E-state index contributed by atoms with van der Waals surface area (Å²) in [6.07, 6.45) is 0.935. The maximum Gasteiger partial charge on any atom is 0.239 e. The normalized spacial score (nSPS) is 16.6. The van der Waals surface area contributed by atoms with Crippen LogP contribution in [-0.4, -0.2) is 30.6 Å². The molecule has 2 N–H and O–H groups in total. The van der Waals surface area contributed by atoms with Gasteiger partial charge in [0.15, 0.2) is 0 Å². The molecule has 4 heteroatoms. The lowest BCUT2D eigenvalue weighted by Crippen LogP contribution is -2.33. The smallest absolute Gasteiger partial charge is 0.239 e. The summed E-state index contributed by atoms with van der Waals surface area (Å²) in [4.78, 5) is 13.6. The van der Waals surface area contributed by atoms with Crippen molar-refractivity contribution in [3.8, 4) is 0 Å². The SMILES string of the molecule is Cc1ccc(N2CCCNC(=O)C2)c(CO)c1. The van der Waals surface area contributed by atoms with Crippen molar-refractivity contribution >= 4 is 11.6 Å². The molecule has 1 aliphatic heterocycles. The van der Waals surface area contributed by atoms with Crippen LogP contribution in [0.2, 0.25) is 0 Å². The van der Waals surface area contributed by atoms with Crippen molar-refractivity contribution in [2.24, 2.45) is 0 Å². The fourth-order valence-corrected chi connectivity index (χ4v) is 2.16. The second-order valence-electron chi connectivity index (χ2n) is 4.42. The molecule has 0 saturated carbocycles. The summed E-state index contributed by atoms with van der Waals surface area (Å²) in [6, 6.07) is 5.97. The minimum absolute atomic E-state index is 0.00906. The van der Waals surface area contributed by atoms with Gasteiger partial charge >= 0.3 is 0 Å². The Balaban J connectivity index is 2.28. The summed E-state index contributed by atoms with van der Waals surface area (Å²) in [5.74, 6) is 0.0481. The molecule has 0 bridgehead atoms.